The molecule has 2 aromatic rings. The summed E-state index contributed by atoms with van der Waals surface area (Å²) in [5, 5.41) is 10.2. The van der Waals surface area contributed by atoms with Crippen molar-refractivity contribution < 1.29 is 5.11 Å². The van der Waals surface area contributed by atoms with Crippen molar-refractivity contribution in [1.29, 1.82) is 0 Å². The molecule has 0 saturated heterocycles. The normalized spacial score (nSPS) is 10.8. The number of hydrogen-bond acceptors (Lipinski definition) is 1. The van der Waals surface area contributed by atoms with Crippen LogP contribution in [0.5, 0.6) is 5.75 Å². The molecule has 2 heteroatoms. The number of benzene rings is 1. The van der Waals surface area contributed by atoms with Crippen LogP contribution < -0.4 is 0 Å². The molecule has 0 aliphatic heterocycles. The van der Waals surface area contributed by atoms with Crippen molar-refractivity contribution in [2.75, 3.05) is 0 Å². The molecule has 2 nitrogen and oxygen atoms in total. The summed E-state index contributed by atoms with van der Waals surface area (Å²) in [5.41, 5.74) is 2.18. The number of aromatic nitrogens is 1. The zero-order valence-corrected chi connectivity index (χ0v) is 7.13. The lowest BCUT2D eigenvalue weighted by Gasteiger charge is -1.97. The third-order valence-corrected chi connectivity index (χ3v) is 2.16. The number of aryl methyl sites for hydroxylation is 2. The van der Waals surface area contributed by atoms with E-state index in [1.54, 1.807) is 12.1 Å². The Bertz CT molecular complexity index is 429. The van der Waals surface area contributed by atoms with Gasteiger partial charge in [-0.2, -0.15) is 0 Å². The van der Waals surface area contributed by atoms with Gasteiger partial charge in [0.15, 0.2) is 0 Å². The van der Waals surface area contributed by atoms with Gasteiger partial charge in [-0.25, -0.2) is 0 Å². The fraction of sp³-hybridized carbons (Fsp3) is 0.200. The largest absolute Gasteiger partial charge is 0.508 e. The minimum absolute atomic E-state index is 0.296. The van der Waals surface area contributed by atoms with E-state index in [1.807, 2.05) is 20.0 Å². The average molecular weight is 160 g/mol. The number of nitrogens with zero attached hydrogens (tertiary/aromatic N) is 1. The van der Waals surface area contributed by atoms with E-state index in [0.29, 0.717) is 5.75 Å². The second-order valence-corrected chi connectivity index (χ2v) is 2.97. The maximum Gasteiger partial charge on any atom is 0.116 e. The third-order valence-electron chi connectivity index (χ3n) is 2.16. The smallest absolute Gasteiger partial charge is 0.116 e. The lowest BCUT2D eigenvalue weighted by molar-refractivity contribution is 0.476. The first-order valence-corrected chi connectivity index (χ1v) is 3.86. The number of rotatable bonds is 0. The van der Waals surface area contributed by atoms with Crippen LogP contribution in [0.4, 0.5) is 0 Å². The van der Waals surface area contributed by atoms with E-state index < -0.39 is 0 Å². The van der Waals surface area contributed by atoms with Crippen molar-refractivity contribution in [2.45, 2.75) is 6.92 Å². The van der Waals surface area contributed by atoms with Gasteiger partial charge in [0.2, 0.25) is 0 Å². The molecule has 2 rings (SSSR count). The van der Waals surface area contributed by atoms with Crippen molar-refractivity contribution >= 4 is 10.9 Å². The van der Waals surface area contributed by atoms with Crippen molar-refractivity contribution in [3.05, 3.63) is 30.0 Å². The molecule has 1 aromatic heterocycles. The highest BCUT2D eigenvalue weighted by atomic mass is 16.3. The molecule has 1 aromatic carbocycles. The first-order valence-electron chi connectivity index (χ1n) is 3.86. The summed E-state index contributed by atoms with van der Waals surface area (Å²) < 4.78 is 2.05. The average Bonchev–Trinajstić information content (AvgIpc) is 2.28. The van der Waals surface area contributed by atoms with E-state index in [2.05, 4.69) is 10.6 Å². The van der Waals surface area contributed by atoms with Crippen LogP contribution in [0.25, 0.3) is 10.9 Å². The minimum atomic E-state index is 0.296. The van der Waals surface area contributed by atoms with Gasteiger partial charge in [-0.1, -0.05) is 0 Å². The standard InChI is InChI=1S/C10H10NO/c1-7-5-8-6-9(12)3-4-10(8)11(7)2/h3-4,6,12H,1-2H3. The van der Waals surface area contributed by atoms with Gasteiger partial charge in [-0.05, 0) is 25.1 Å². The van der Waals surface area contributed by atoms with E-state index >= 15 is 0 Å². The maximum atomic E-state index is 9.20. The number of hydrogen-bond donors (Lipinski definition) is 1. The molecule has 61 valence electrons. The monoisotopic (exact) mass is 160 g/mol. The Hall–Kier alpha value is -1.44. The van der Waals surface area contributed by atoms with E-state index in [-0.39, 0.29) is 0 Å². The molecule has 0 fully saturated rings. The second kappa shape index (κ2) is 2.27. The van der Waals surface area contributed by atoms with Gasteiger partial charge in [0.25, 0.3) is 0 Å². The van der Waals surface area contributed by atoms with E-state index in [9.17, 15) is 5.11 Å². The molecule has 0 saturated carbocycles. The van der Waals surface area contributed by atoms with Gasteiger partial charge in [0.05, 0.1) is 0 Å². The van der Waals surface area contributed by atoms with Gasteiger partial charge in [0.1, 0.15) is 5.75 Å². The lowest BCUT2D eigenvalue weighted by atomic mass is 10.2. The van der Waals surface area contributed by atoms with Crippen molar-refractivity contribution in [3.63, 3.8) is 0 Å². The van der Waals surface area contributed by atoms with Crippen molar-refractivity contribution in [1.82, 2.24) is 4.57 Å². The van der Waals surface area contributed by atoms with E-state index in [0.717, 1.165) is 16.6 Å². The molecule has 0 bridgehead atoms. The summed E-state index contributed by atoms with van der Waals surface area (Å²) in [7, 11) is 1.99. The Balaban J connectivity index is 2.87. The van der Waals surface area contributed by atoms with Crippen LogP contribution >= 0.6 is 0 Å². The zero-order valence-electron chi connectivity index (χ0n) is 7.13. The Morgan fingerprint density at radius 1 is 1.42 bits per heavy atom. The zero-order chi connectivity index (χ0) is 8.72. The second-order valence-electron chi connectivity index (χ2n) is 2.97. The van der Waals surface area contributed by atoms with Crippen LogP contribution in [0, 0.1) is 13.0 Å². The Kier molecular flexibility index (Phi) is 1.37. The quantitative estimate of drug-likeness (QED) is 0.626. The fourth-order valence-corrected chi connectivity index (χ4v) is 1.38. The molecular weight excluding hydrogens is 150 g/mol. The highest BCUT2D eigenvalue weighted by molar-refractivity contribution is 5.81. The van der Waals surface area contributed by atoms with Gasteiger partial charge < -0.3 is 9.67 Å². The summed E-state index contributed by atoms with van der Waals surface area (Å²) in [6.45, 7) is 2.00. The molecule has 0 aliphatic rings. The summed E-state index contributed by atoms with van der Waals surface area (Å²) in [6.07, 6.45) is 0. The van der Waals surface area contributed by atoms with E-state index in [4.69, 9.17) is 0 Å². The Morgan fingerprint density at radius 2 is 2.17 bits per heavy atom. The van der Waals surface area contributed by atoms with Crippen LogP contribution in [0.2, 0.25) is 0 Å². The first-order chi connectivity index (χ1) is 5.68. The highest BCUT2D eigenvalue weighted by Gasteiger charge is 2.02. The summed E-state index contributed by atoms with van der Waals surface area (Å²) in [4.78, 5) is 0. The molecule has 0 aliphatic carbocycles. The molecular formula is C10H10NO. The predicted octanol–water partition coefficient (Wildman–Crippen LogP) is 1.99. The van der Waals surface area contributed by atoms with Gasteiger partial charge in [0, 0.05) is 29.7 Å². The summed E-state index contributed by atoms with van der Waals surface area (Å²) in [5.74, 6) is 0.296. The van der Waals surface area contributed by atoms with E-state index in [1.165, 1.54) is 0 Å². The van der Waals surface area contributed by atoms with Crippen molar-refractivity contribution in [3.8, 4) is 5.75 Å². The lowest BCUT2D eigenvalue weighted by Crippen LogP contribution is -1.88. The fourth-order valence-electron chi connectivity index (χ4n) is 1.38. The van der Waals surface area contributed by atoms with Crippen LogP contribution in [0.15, 0.2) is 18.2 Å². The number of phenolic OH excluding ortho intramolecular Hbond substituents is 1. The Morgan fingerprint density at radius 3 is 2.92 bits per heavy atom. The first kappa shape index (κ1) is 7.22. The number of aromatic hydroxyl groups is 1. The molecule has 1 radical (unpaired) electrons. The van der Waals surface area contributed by atoms with Gasteiger partial charge in [-0.15, -0.1) is 0 Å². The maximum absolute atomic E-state index is 9.20. The topological polar surface area (TPSA) is 25.2 Å². The third kappa shape index (κ3) is 0.881. The Labute approximate surface area is 71.1 Å². The van der Waals surface area contributed by atoms with Crippen molar-refractivity contribution in [2.24, 2.45) is 7.05 Å². The molecule has 0 unspecified atom stereocenters. The number of phenols is 1. The predicted molar refractivity (Wildman–Crippen MR) is 48.2 cm³/mol. The molecule has 0 amide bonds. The number of fused-ring (bicyclic) bond motifs is 1. The molecule has 1 N–H and O–H groups in total. The summed E-state index contributed by atoms with van der Waals surface area (Å²) >= 11 is 0. The van der Waals surface area contributed by atoms with Crippen LogP contribution in [0.3, 0.4) is 0 Å². The minimum Gasteiger partial charge on any atom is -0.508 e. The molecule has 12 heavy (non-hydrogen) atoms. The van der Waals surface area contributed by atoms with Crippen LogP contribution in [-0.4, -0.2) is 9.67 Å². The molecule has 0 atom stereocenters. The van der Waals surface area contributed by atoms with Gasteiger partial charge in [-0.3, -0.25) is 0 Å². The molecule has 1 heterocycles. The van der Waals surface area contributed by atoms with Gasteiger partial charge >= 0.3 is 0 Å². The molecule has 0 spiro atoms. The highest BCUT2D eigenvalue weighted by Crippen LogP contribution is 2.21. The summed E-state index contributed by atoms with van der Waals surface area (Å²) in [6, 6.07) is 8.48. The van der Waals surface area contributed by atoms with Crippen LogP contribution in [0.1, 0.15) is 5.69 Å². The SMILES string of the molecule is Cc1[c]c2cc(O)ccc2n1C. The van der Waals surface area contributed by atoms with Crippen LogP contribution in [-0.2, 0) is 7.05 Å².